The zero-order valence-electron chi connectivity index (χ0n) is 8.85. The van der Waals surface area contributed by atoms with E-state index in [1.54, 1.807) is 12.1 Å². The maximum atomic E-state index is 11.6. The standard InChI is InChI=1S/C9H7ClN6O2/c10-6-3-1-2-5(4-6)7(17)11-9(18)12-8-13-15-16-14-8/h1-4H,(H3,11,12,13,14,15,16,17,18). The van der Waals surface area contributed by atoms with Crippen molar-refractivity contribution in [2.45, 2.75) is 0 Å². The number of tetrazole rings is 1. The smallest absolute Gasteiger partial charge is 0.274 e. The van der Waals surface area contributed by atoms with Crippen molar-refractivity contribution in [2.24, 2.45) is 0 Å². The minimum absolute atomic E-state index is 0.0357. The number of nitrogens with one attached hydrogen (secondary N) is 3. The van der Waals surface area contributed by atoms with Crippen LogP contribution in [0, 0.1) is 0 Å². The van der Waals surface area contributed by atoms with Gasteiger partial charge in [-0.1, -0.05) is 22.8 Å². The highest BCUT2D eigenvalue weighted by Gasteiger charge is 2.11. The number of nitrogens with zero attached hydrogens (tertiary/aromatic N) is 3. The maximum Gasteiger partial charge on any atom is 0.328 e. The van der Waals surface area contributed by atoms with Crippen LogP contribution in [0.5, 0.6) is 0 Å². The minimum Gasteiger partial charge on any atom is -0.274 e. The third-order valence-corrected chi connectivity index (χ3v) is 2.12. The van der Waals surface area contributed by atoms with Crippen molar-refractivity contribution in [3.05, 3.63) is 34.9 Å². The number of hydrogen-bond donors (Lipinski definition) is 3. The third-order valence-electron chi connectivity index (χ3n) is 1.88. The summed E-state index contributed by atoms with van der Waals surface area (Å²) in [5.74, 6) is -0.620. The number of aromatic amines is 1. The predicted octanol–water partition coefficient (Wildman–Crippen LogP) is 0.815. The van der Waals surface area contributed by atoms with E-state index in [4.69, 9.17) is 11.6 Å². The molecule has 1 heterocycles. The molecular weight excluding hydrogens is 260 g/mol. The summed E-state index contributed by atoms with van der Waals surface area (Å²) in [7, 11) is 0. The van der Waals surface area contributed by atoms with E-state index in [9.17, 15) is 9.59 Å². The summed E-state index contributed by atoms with van der Waals surface area (Å²) < 4.78 is 0. The zero-order chi connectivity index (χ0) is 13.0. The fourth-order valence-corrected chi connectivity index (χ4v) is 1.34. The molecule has 0 fully saturated rings. The van der Waals surface area contributed by atoms with Gasteiger partial charge in [0.2, 0.25) is 0 Å². The number of benzene rings is 1. The number of anilines is 1. The Labute approximate surface area is 106 Å². The van der Waals surface area contributed by atoms with E-state index in [1.165, 1.54) is 12.1 Å². The van der Waals surface area contributed by atoms with Crippen LogP contribution < -0.4 is 10.6 Å². The number of urea groups is 1. The molecule has 2 aromatic rings. The Hall–Kier alpha value is -2.48. The number of carbonyl (C=O) groups is 2. The van der Waals surface area contributed by atoms with Gasteiger partial charge in [-0.25, -0.2) is 4.79 Å². The van der Waals surface area contributed by atoms with E-state index in [1.807, 2.05) is 0 Å². The lowest BCUT2D eigenvalue weighted by molar-refractivity contribution is 0.0967. The Bertz CT molecular complexity index is 570. The highest BCUT2D eigenvalue weighted by atomic mass is 35.5. The first kappa shape index (κ1) is 12.0. The van der Waals surface area contributed by atoms with E-state index in [2.05, 4.69) is 31.3 Å². The Morgan fingerprint density at radius 1 is 1.33 bits per heavy atom. The van der Waals surface area contributed by atoms with Crippen molar-refractivity contribution in [2.75, 3.05) is 5.32 Å². The van der Waals surface area contributed by atoms with Gasteiger partial charge in [0.1, 0.15) is 0 Å². The second-order valence-corrected chi connectivity index (χ2v) is 3.59. The summed E-state index contributed by atoms with van der Waals surface area (Å²) in [5.41, 5.74) is 0.269. The molecule has 0 radical (unpaired) electrons. The van der Waals surface area contributed by atoms with Gasteiger partial charge in [-0.15, -0.1) is 5.10 Å². The van der Waals surface area contributed by atoms with Crippen LogP contribution >= 0.6 is 11.6 Å². The topological polar surface area (TPSA) is 113 Å². The molecule has 8 nitrogen and oxygen atoms in total. The largest absolute Gasteiger partial charge is 0.328 e. The summed E-state index contributed by atoms with van der Waals surface area (Å²) >= 11 is 5.73. The molecular formula is C9H7ClN6O2. The number of H-pyrrole nitrogens is 1. The molecule has 3 amide bonds. The average Bonchev–Trinajstić information content (AvgIpc) is 2.81. The molecule has 0 bridgehead atoms. The predicted molar refractivity (Wildman–Crippen MR) is 62.1 cm³/mol. The molecule has 0 aliphatic carbocycles. The first-order valence-electron chi connectivity index (χ1n) is 4.76. The van der Waals surface area contributed by atoms with Crippen molar-refractivity contribution in [1.82, 2.24) is 25.9 Å². The SMILES string of the molecule is O=C(NC(=O)c1cccc(Cl)c1)Nc1nn[nH]n1. The third kappa shape index (κ3) is 3.01. The fraction of sp³-hybridized carbons (Fsp3) is 0. The molecule has 0 aliphatic heterocycles. The van der Waals surface area contributed by atoms with Gasteiger partial charge in [0, 0.05) is 10.6 Å². The highest BCUT2D eigenvalue weighted by Crippen LogP contribution is 2.10. The monoisotopic (exact) mass is 266 g/mol. The normalized spacial score (nSPS) is 9.83. The van der Waals surface area contributed by atoms with E-state index < -0.39 is 11.9 Å². The van der Waals surface area contributed by atoms with E-state index >= 15 is 0 Å². The summed E-state index contributed by atoms with van der Waals surface area (Å²) in [5, 5.41) is 17.1. The van der Waals surface area contributed by atoms with Gasteiger partial charge in [0.05, 0.1) is 0 Å². The van der Waals surface area contributed by atoms with Gasteiger partial charge in [-0.3, -0.25) is 15.4 Å². The highest BCUT2D eigenvalue weighted by molar-refractivity contribution is 6.31. The Morgan fingerprint density at radius 2 is 2.17 bits per heavy atom. The molecule has 0 spiro atoms. The second kappa shape index (κ2) is 5.23. The molecule has 1 aromatic carbocycles. The van der Waals surface area contributed by atoms with Gasteiger partial charge in [-0.2, -0.15) is 5.21 Å². The van der Waals surface area contributed by atoms with Crippen LogP contribution in [0.4, 0.5) is 10.7 Å². The van der Waals surface area contributed by atoms with Crippen LogP contribution in [0.25, 0.3) is 0 Å². The number of aromatic nitrogens is 4. The maximum absolute atomic E-state index is 11.6. The number of imide groups is 1. The van der Waals surface area contributed by atoms with Crippen molar-refractivity contribution < 1.29 is 9.59 Å². The summed E-state index contributed by atoms with van der Waals surface area (Å²) in [6.45, 7) is 0. The second-order valence-electron chi connectivity index (χ2n) is 3.15. The molecule has 3 N–H and O–H groups in total. The minimum atomic E-state index is -0.763. The lowest BCUT2D eigenvalue weighted by Gasteiger charge is -2.03. The van der Waals surface area contributed by atoms with Crippen LogP contribution in [0.2, 0.25) is 5.02 Å². The van der Waals surface area contributed by atoms with Crippen molar-refractivity contribution in [3.8, 4) is 0 Å². The Morgan fingerprint density at radius 3 is 2.83 bits per heavy atom. The first-order valence-corrected chi connectivity index (χ1v) is 5.14. The average molecular weight is 267 g/mol. The lowest BCUT2D eigenvalue weighted by atomic mass is 10.2. The van der Waals surface area contributed by atoms with Crippen LogP contribution in [-0.4, -0.2) is 32.6 Å². The quantitative estimate of drug-likeness (QED) is 0.745. The number of halogens is 1. The van der Waals surface area contributed by atoms with Crippen LogP contribution in [-0.2, 0) is 0 Å². The van der Waals surface area contributed by atoms with Gasteiger partial charge in [-0.05, 0) is 23.4 Å². The lowest BCUT2D eigenvalue weighted by Crippen LogP contribution is -2.34. The van der Waals surface area contributed by atoms with Gasteiger partial charge in [0.15, 0.2) is 0 Å². The Kier molecular flexibility index (Phi) is 3.49. The molecule has 9 heteroatoms. The zero-order valence-corrected chi connectivity index (χ0v) is 9.60. The van der Waals surface area contributed by atoms with Gasteiger partial charge < -0.3 is 0 Å². The number of amides is 3. The van der Waals surface area contributed by atoms with Crippen molar-refractivity contribution >= 4 is 29.5 Å². The molecule has 0 atom stereocenters. The van der Waals surface area contributed by atoms with E-state index in [0.717, 1.165) is 0 Å². The summed E-state index contributed by atoms with van der Waals surface area (Å²) in [6, 6.07) is 5.44. The van der Waals surface area contributed by atoms with Crippen LogP contribution in [0.1, 0.15) is 10.4 Å². The first-order chi connectivity index (χ1) is 8.65. The molecule has 0 aliphatic rings. The number of hydrogen-bond acceptors (Lipinski definition) is 5. The number of rotatable bonds is 2. The van der Waals surface area contributed by atoms with E-state index in [-0.39, 0.29) is 11.5 Å². The van der Waals surface area contributed by atoms with Crippen LogP contribution in [0.3, 0.4) is 0 Å². The molecule has 18 heavy (non-hydrogen) atoms. The van der Waals surface area contributed by atoms with Crippen LogP contribution in [0.15, 0.2) is 24.3 Å². The molecule has 0 saturated carbocycles. The van der Waals surface area contributed by atoms with Gasteiger partial charge in [0.25, 0.3) is 11.9 Å². The van der Waals surface area contributed by atoms with E-state index in [0.29, 0.717) is 5.02 Å². The molecule has 92 valence electrons. The summed E-state index contributed by atoms with van der Waals surface area (Å²) in [6.07, 6.45) is 0. The molecule has 0 saturated heterocycles. The molecule has 1 aromatic heterocycles. The van der Waals surface area contributed by atoms with Crippen molar-refractivity contribution in [3.63, 3.8) is 0 Å². The summed E-state index contributed by atoms with van der Waals surface area (Å²) in [4.78, 5) is 23.0. The number of carbonyl (C=O) groups excluding carboxylic acids is 2. The molecule has 2 rings (SSSR count). The van der Waals surface area contributed by atoms with Crippen molar-refractivity contribution in [1.29, 1.82) is 0 Å². The molecule has 0 unspecified atom stereocenters. The Balaban J connectivity index is 1.97. The fourth-order valence-electron chi connectivity index (χ4n) is 1.15. The van der Waals surface area contributed by atoms with Gasteiger partial charge >= 0.3 is 6.03 Å².